The Hall–Kier alpha value is -3.67. The Morgan fingerprint density at radius 1 is 0.679 bits per heavy atom. The van der Waals surface area contributed by atoms with Crippen LogP contribution < -0.4 is 0 Å². The first-order chi connectivity index (χ1) is 13.7. The minimum atomic E-state index is -0.765. The molecule has 0 atom stereocenters. The normalized spacial score (nSPS) is 10.1. The van der Waals surface area contributed by atoms with Gasteiger partial charge in [-0.1, -0.05) is 60.7 Å². The van der Waals surface area contributed by atoms with Crippen LogP contribution in [0.25, 0.3) is 0 Å². The van der Waals surface area contributed by atoms with Crippen LogP contribution in [0.1, 0.15) is 16.7 Å². The molecular formula is C22H20N2O4. The molecule has 1 heterocycles. The highest BCUT2D eigenvalue weighted by atomic mass is 16.6. The quantitative estimate of drug-likeness (QED) is 0.631. The molecular weight excluding hydrogens is 356 g/mol. The average molecular weight is 376 g/mol. The van der Waals surface area contributed by atoms with Crippen LogP contribution in [0.4, 0.5) is 9.59 Å². The first-order valence-electron chi connectivity index (χ1n) is 8.80. The molecule has 0 bridgehead atoms. The molecule has 0 aliphatic heterocycles. The number of imide groups is 1. The van der Waals surface area contributed by atoms with Gasteiger partial charge in [0.05, 0.1) is 6.54 Å². The molecule has 2 amide bonds. The van der Waals surface area contributed by atoms with Crippen molar-refractivity contribution in [2.24, 2.45) is 0 Å². The number of carbonyl (C=O) groups is 2. The van der Waals surface area contributed by atoms with Gasteiger partial charge in [-0.2, -0.15) is 0 Å². The molecule has 0 aliphatic rings. The monoisotopic (exact) mass is 376 g/mol. The standard InChI is InChI=1S/C22H20N2O4/c25-21(27-16-19-7-3-1-4-8-19)24(15-18-11-13-23-14-12-18)22(26)28-17-20-9-5-2-6-10-20/h1-14H,15-17H2. The molecule has 3 rings (SSSR count). The van der Waals surface area contributed by atoms with Gasteiger partial charge >= 0.3 is 12.2 Å². The lowest BCUT2D eigenvalue weighted by atomic mass is 10.2. The number of hydrogen-bond donors (Lipinski definition) is 0. The van der Waals surface area contributed by atoms with E-state index in [1.54, 1.807) is 24.5 Å². The molecule has 142 valence electrons. The molecule has 3 aromatic rings. The third-order valence-electron chi connectivity index (χ3n) is 3.94. The highest BCUT2D eigenvalue weighted by Gasteiger charge is 2.25. The van der Waals surface area contributed by atoms with Crippen LogP contribution in [-0.2, 0) is 29.2 Å². The second-order valence-electron chi connectivity index (χ2n) is 6.02. The van der Waals surface area contributed by atoms with Crippen molar-refractivity contribution in [2.45, 2.75) is 19.8 Å². The molecule has 0 spiro atoms. The summed E-state index contributed by atoms with van der Waals surface area (Å²) in [5.41, 5.74) is 2.40. The van der Waals surface area contributed by atoms with Crippen molar-refractivity contribution in [3.63, 3.8) is 0 Å². The zero-order valence-electron chi connectivity index (χ0n) is 15.2. The van der Waals surface area contributed by atoms with Gasteiger partial charge in [0.15, 0.2) is 0 Å². The number of ether oxygens (including phenoxy) is 2. The van der Waals surface area contributed by atoms with Crippen molar-refractivity contribution in [1.29, 1.82) is 0 Å². The van der Waals surface area contributed by atoms with Crippen LogP contribution in [0.3, 0.4) is 0 Å². The van der Waals surface area contributed by atoms with Crippen molar-refractivity contribution in [1.82, 2.24) is 9.88 Å². The van der Waals surface area contributed by atoms with Gasteiger partial charge in [0, 0.05) is 12.4 Å². The maximum Gasteiger partial charge on any atom is 0.419 e. The van der Waals surface area contributed by atoms with Crippen molar-refractivity contribution in [2.75, 3.05) is 0 Å². The van der Waals surface area contributed by atoms with E-state index in [9.17, 15) is 9.59 Å². The molecule has 0 aliphatic carbocycles. The molecule has 2 aromatic carbocycles. The Bertz CT molecular complexity index is 831. The number of rotatable bonds is 6. The lowest BCUT2D eigenvalue weighted by molar-refractivity contribution is 0.0675. The number of pyridine rings is 1. The number of benzene rings is 2. The molecule has 6 nitrogen and oxygen atoms in total. The SMILES string of the molecule is O=C(OCc1ccccc1)N(Cc1ccncc1)C(=O)OCc1ccccc1. The van der Waals surface area contributed by atoms with Gasteiger partial charge in [-0.15, -0.1) is 0 Å². The second-order valence-corrected chi connectivity index (χ2v) is 6.02. The molecule has 0 unspecified atom stereocenters. The maximum atomic E-state index is 12.6. The van der Waals surface area contributed by atoms with E-state index in [4.69, 9.17) is 9.47 Å². The Morgan fingerprint density at radius 3 is 1.61 bits per heavy atom. The zero-order chi connectivity index (χ0) is 19.6. The van der Waals surface area contributed by atoms with Crippen molar-refractivity contribution in [3.8, 4) is 0 Å². The van der Waals surface area contributed by atoms with E-state index in [2.05, 4.69) is 4.98 Å². The third kappa shape index (κ3) is 5.67. The van der Waals surface area contributed by atoms with E-state index in [1.807, 2.05) is 60.7 Å². The molecule has 6 heteroatoms. The fourth-order valence-corrected chi connectivity index (χ4v) is 2.47. The van der Waals surface area contributed by atoms with Gasteiger partial charge in [-0.05, 0) is 28.8 Å². The second kappa shape index (κ2) is 9.87. The van der Waals surface area contributed by atoms with Crippen LogP contribution in [-0.4, -0.2) is 22.1 Å². The van der Waals surface area contributed by atoms with E-state index < -0.39 is 12.2 Å². The van der Waals surface area contributed by atoms with Crippen LogP contribution in [0, 0.1) is 0 Å². The summed E-state index contributed by atoms with van der Waals surface area (Å²) >= 11 is 0. The summed E-state index contributed by atoms with van der Waals surface area (Å²) in [5, 5.41) is 0. The summed E-state index contributed by atoms with van der Waals surface area (Å²) in [6, 6.07) is 22.0. The number of hydrogen-bond acceptors (Lipinski definition) is 5. The molecule has 1 aromatic heterocycles. The van der Waals surface area contributed by atoms with Gasteiger partial charge < -0.3 is 9.47 Å². The lowest BCUT2D eigenvalue weighted by Gasteiger charge is -2.20. The van der Waals surface area contributed by atoms with E-state index >= 15 is 0 Å². The summed E-state index contributed by atoms with van der Waals surface area (Å²) in [4.78, 5) is 30.0. The smallest absolute Gasteiger partial charge is 0.419 e. The van der Waals surface area contributed by atoms with E-state index in [1.165, 1.54) is 0 Å². The van der Waals surface area contributed by atoms with Crippen LogP contribution in [0.15, 0.2) is 85.2 Å². The minimum absolute atomic E-state index is 0.0315. The largest absolute Gasteiger partial charge is 0.444 e. The van der Waals surface area contributed by atoms with Crippen molar-refractivity contribution < 1.29 is 19.1 Å². The number of amides is 2. The maximum absolute atomic E-state index is 12.6. The average Bonchev–Trinajstić information content (AvgIpc) is 2.76. The predicted octanol–water partition coefficient (Wildman–Crippen LogP) is 4.56. The Labute approximate surface area is 163 Å². The fourth-order valence-electron chi connectivity index (χ4n) is 2.47. The van der Waals surface area contributed by atoms with Crippen LogP contribution in [0.5, 0.6) is 0 Å². The lowest BCUT2D eigenvalue weighted by Crippen LogP contribution is -2.37. The highest BCUT2D eigenvalue weighted by Crippen LogP contribution is 2.11. The zero-order valence-corrected chi connectivity index (χ0v) is 15.2. The molecule has 0 N–H and O–H groups in total. The van der Waals surface area contributed by atoms with Crippen molar-refractivity contribution in [3.05, 3.63) is 102 Å². The minimum Gasteiger partial charge on any atom is -0.444 e. The van der Waals surface area contributed by atoms with Gasteiger partial charge in [-0.3, -0.25) is 4.98 Å². The summed E-state index contributed by atoms with van der Waals surface area (Å²) in [6.07, 6.45) is 1.66. The molecule has 0 radical (unpaired) electrons. The Balaban J connectivity index is 1.66. The highest BCUT2D eigenvalue weighted by molar-refractivity contribution is 5.87. The Morgan fingerprint density at radius 2 is 1.14 bits per heavy atom. The van der Waals surface area contributed by atoms with Crippen molar-refractivity contribution >= 4 is 12.2 Å². The van der Waals surface area contributed by atoms with Crippen LogP contribution in [0.2, 0.25) is 0 Å². The topological polar surface area (TPSA) is 68.7 Å². The summed E-state index contributed by atoms with van der Waals surface area (Å²) in [7, 11) is 0. The van der Waals surface area contributed by atoms with E-state index in [0.29, 0.717) is 0 Å². The number of nitrogens with zero attached hydrogens (tertiary/aromatic N) is 2. The summed E-state index contributed by atoms with van der Waals surface area (Å²) in [6.45, 7) is 0.167. The first kappa shape index (κ1) is 19.1. The summed E-state index contributed by atoms with van der Waals surface area (Å²) < 4.78 is 10.6. The molecule has 28 heavy (non-hydrogen) atoms. The van der Waals surface area contributed by atoms with E-state index in [0.717, 1.165) is 21.6 Å². The number of carbonyl (C=O) groups excluding carboxylic acids is 2. The van der Waals surface area contributed by atoms with Gasteiger partial charge in [0.25, 0.3) is 0 Å². The van der Waals surface area contributed by atoms with E-state index in [-0.39, 0.29) is 19.8 Å². The fraction of sp³-hybridized carbons (Fsp3) is 0.136. The molecule has 0 fully saturated rings. The van der Waals surface area contributed by atoms with Gasteiger partial charge in [0.1, 0.15) is 13.2 Å². The number of aromatic nitrogens is 1. The predicted molar refractivity (Wildman–Crippen MR) is 103 cm³/mol. The van der Waals surface area contributed by atoms with Gasteiger partial charge in [-0.25, -0.2) is 14.5 Å². The van der Waals surface area contributed by atoms with Crippen LogP contribution >= 0.6 is 0 Å². The molecule has 0 saturated heterocycles. The summed E-state index contributed by atoms with van der Waals surface area (Å²) in [5.74, 6) is 0. The molecule has 0 saturated carbocycles. The first-order valence-corrected chi connectivity index (χ1v) is 8.80. The third-order valence-corrected chi connectivity index (χ3v) is 3.94. The van der Waals surface area contributed by atoms with Gasteiger partial charge in [0.2, 0.25) is 0 Å². The Kier molecular flexibility index (Phi) is 6.73.